The highest BCUT2D eigenvalue weighted by Gasteiger charge is 2.42. The van der Waals surface area contributed by atoms with Crippen molar-refractivity contribution in [1.82, 2.24) is 0 Å². The van der Waals surface area contributed by atoms with E-state index in [4.69, 9.17) is 9.47 Å². The van der Waals surface area contributed by atoms with Crippen molar-refractivity contribution in [3.63, 3.8) is 0 Å². The van der Waals surface area contributed by atoms with Crippen LogP contribution in [0.5, 0.6) is 5.75 Å². The van der Waals surface area contributed by atoms with Crippen LogP contribution in [0.3, 0.4) is 0 Å². The molecule has 2 aromatic carbocycles. The van der Waals surface area contributed by atoms with Gasteiger partial charge in [-0.2, -0.15) is 0 Å². The van der Waals surface area contributed by atoms with Crippen LogP contribution in [-0.2, 0) is 16.6 Å². The standard InChI is InChI=1S/C18H16O3/c1-18-9-11-5-3-4-6-13(11)14-7-12(17(19)20-2)8-15(16(14)18)21-10-18/h3-8H,9-10H2,1-2H3. The van der Waals surface area contributed by atoms with Gasteiger partial charge in [0.15, 0.2) is 0 Å². The van der Waals surface area contributed by atoms with Crippen molar-refractivity contribution in [2.75, 3.05) is 13.7 Å². The summed E-state index contributed by atoms with van der Waals surface area (Å²) in [4.78, 5) is 11.9. The molecule has 1 atom stereocenters. The Hall–Kier alpha value is -2.29. The number of carbonyl (C=O) groups is 1. The molecular weight excluding hydrogens is 264 g/mol. The Morgan fingerprint density at radius 2 is 2.05 bits per heavy atom. The van der Waals surface area contributed by atoms with Gasteiger partial charge in [-0.1, -0.05) is 31.2 Å². The summed E-state index contributed by atoms with van der Waals surface area (Å²) in [6, 6.07) is 12.1. The van der Waals surface area contributed by atoms with Crippen LogP contribution in [0.25, 0.3) is 11.1 Å². The zero-order valence-corrected chi connectivity index (χ0v) is 12.1. The van der Waals surface area contributed by atoms with E-state index in [-0.39, 0.29) is 11.4 Å². The van der Waals surface area contributed by atoms with Crippen molar-refractivity contribution >= 4 is 5.97 Å². The fourth-order valence-electron chi connectivity index (χ4n) is 3.61. The van der Waals surface area contributed by atoms with E-state index in [1.165, 1.54) is 23.8 Å². The Labute approximate surface area is 123 Å². The number of methoxy groups -OCH3 is 1. The number of benzene rings is 2. The van der Waals surface area contributed by atoms with Gasteiger partial charge >= 0.3 is 5.97 Å². The molecule has 1 unspecified atom stereocenters. The number of ether oxygens (including phenoxy) is 2. The highest BCUT2D eigenvalue weighted by Crippen LogP contribution is 2.51. The van der Waals surface area contributed by atoms with Gasteiger partial charge < -0.3 is 9.47 Å². The first-order chi connectivity index (χ1) is 10.1. The number of rotatable bonds is 1. The maximum absolute atomic E-state index is 11.9. The van der Waals surface area contributed by atoms with Crippen LogP contribution in [0.2, 0.25) is 0 Å². The lowest BCUT2D eigenvalue weighted by Gasteiger charge is -2.31. The molecule has 0 saturated heterocycles. The molecule has 0 N–H and O–H groups in total. The van der Waals surface area contributed by atoms with Crippen LogP contribution in [0.1, 0.15) is 28.4 Å². The van der Waals surface area contributed by atoms with Crippen LogP contribution in [0.15, 0.2) is 36.4 Å². The maximum atomic E-state index is 11.9. The molecule has 21 heavy (non-hydrogen) atoms. The van der Waals surface area contributed by atoms with Gasteiger partial charge in [-0.25, -0.2) is 4.79 Å². The van der Waals surface area contributed by atoms with Crippen molar-refractivity contribution in [3.05, 3.63) is 53.1 Å². The van der Waals surface area contributed by atoms with Crippen LogP contribution in [0.4, 0.5) is 0 Å². The molecule has 2 aliphatic rings. The molecule has 1 aliphatic carbocycles. The maximum Gasteiger partial charge on any atom is 0.338 e. The Kier molecular flexibility index (Phi) is 2.43. The fourth-order valence-corrected chi connectivity index (χ4v) is 3.61. The van der Waals surface area contributed by atoms with Crippen LogP contribution >= 0.6 is 0 Å². The predicted molar refractivity (Wildman–Crippen MR) is 79.8 cm³/mol. The second kappa shape index (κ2) is 4.10. The molecule has 3 heteroatoms. The van der Waals surface area contributed by atoms with E-state index in [2.05, 4.69) is 25.1 Å². The van der Waals surface area contributed by atoms with Gasteiger partial charge in [0, 0.05) is 11.0 Å². The molecule has 0 spiro atoms. The number of carbonyl (C=O) groups excluding carboxylic acids is 1. The first kappa shape index (κ1) is 12.5. The lowest BCUT2D eigenvalue weighted by molar-refractivity contribution is 0.0600. The van der Waals surface area contributed by atoms with Gasteiger partial charge in [0.25, 0.3) is 0 Å². The summed E-state index contributed by atoms with van der Waals surface area (Å²) in [5.41, 5.74) is 5.39. The number of esters is 1. The van der Waals surface area contributed by atoms with Gasteiger partial charge in [0.05, 0.1) is 19.3 Å². The first-order valence-corrected chi connectivity index (χ1v) is 7.10. The quantitative estimate of drug-likeness (QED) is 0.751. The van der Waals surface area contributed by atoms with Crippen LogP contribution < -0.4 is 4.74 Å². The minimum Gasteiger partial charge on any atom is -0.492 e. The number of fused-ring (bicyclic) bond motifs is 2. The third kappa shape index (κ3) is 1.63. The van der Waals surface area contributed by atoms with Crippen molar-refractivity contribution in [2.24, 2.45) is 0 Å². The Bertz CT molecular complexity index is 763. The number of hydrogen-bond acceptors (Lipinski definition) is 3. The molecule has 106 valence electrons. The molecule has 1 aliphatic heterocycles. The minimum absolute atomic E-state index is 0.00628. The van der Waals surface area contributed by atoms with E-state index in [1.54, 1.807) is 0 Å². The first-order valence-electron chi connectivity index (χ1n) is 7.10. The normalized spacial score (nSPS) is 21.2. The van der Waals surface area contributed by atoms with Crippen LogP contribution in [0, 0.1) is 0 Å². The van der Waals surface area contributed by atoms with Gasteiger partial charge in [0.2, 0.25) is 0 Å². The molecule has 2 aromatic rings. The zero-order chi connectivity index (χ0) is 14.6. The average molecular weight is 280 g/mol. The Morgan fingerprint density at radius 1 is 1.24 bits per heavy atom. The molecular formula is C18H16O3. The summed E-state index contributed by atoms with van der Waals surface area (Å²) in [6.07, 6.45) is 0.973. The van der Waals surface area contributed by atoms with Gasteiger partial charge in [-0.3, -0.25) is 0 Å². The molecule has 0 bridgehead atoms. The lowest BCUT2D eigenvalue weighted by Crippen LogP contribution is -2.30. The summed E-state index contributed by atoms with van der Waals surface area (Å²) in [6.45, 7) is 2.89. The third-order valence-corrected chi connectivity index (χ3v) is 4.56. The molecule has 0 fully saturated rings. The third-order valence-electron chi connectivity index (χ3n) is 4.56. The monoisotopic (exact) mass is 280 g/mol. The molecule has 0 amide bonds. The topological polar surface area (TPSA) is 35.5 Å². The molecule has 1 heterocycles. The minimum atomic E-state index is -0.325. The molecule has 0 radical (unpaired) electrons. The highest BCUT2D eigenvalue weighted by molar-refractivity contribution is 5.93. The van der Waals surface area contributed by atoms with Gasteiger partial charge in [-0.15, -0.1) is 0 Å². The van der Waals surface area contributed by atoms with E-state index >= 15 is 0 Å². The largest absolute Gasteiger partial charge is 0.492 e. The summed E-state index contributed by atoms with van der Waals surface area (Å²) in [5, 5.41) is 0. The summed E-state index contributed by atoms with van der Waals surface area (Å²) in [7, 11) is 1.40. The zero-order valence-electron chi connectivity index (χ0n) is 12.1. The van der Waals surface area contributed by atoms with Crippen LogP contribution in [-0.4, -0.2) is 19.7 Å². The Balaban J connectivity index is 2.03. The van der Waals surface area contributed by atoms with Gasteiger partial charge in [0.1, 0.15) is 5.75 Å². The summed E-state index contributed by atoms with van der Waals surface area (Å²) in [5.74, 6) is 0.499. The second-order valence-electron chi connectivity index (χ2n) is 6.07. The smallest absolute Gasteiger partial charge is 0.338 e. The van der Waals surface area contributed by atoms with E-state index in [0.717, 1.165) is 17.7 Å². The van der Waals surface area contributed by atoms with Crippen molar-refractivity contribution < 1.29 is 14.3 Å². The summed E-state index contributed by atoms with van der Waals surface area (Å²) < 4.78 is 10.7. The summed E-state index contributed by atoms with van der Waals surface area (Å²) >= 11 is 0. The fraction of sp³-hybridized carbons (Fsp3) is 0.278. The van der Waals surface area contributed by atoms with E-state index in [0.29, 0.717) is 12.2 Å². The highest BCUT2D eigenvalue weighted by atomic mass is 16.5. The molecule has 0 aromatic heterocycles. The average Bonchev–Trinajstić information content (AvgIpc) is 2.84. The second-order valence-corrected chi connectivity index (χ2v) is 6.07. The molecule has 3 nitrogen and oxygen atoms in total. The van der Waals surface area contributed by atoms with Gasteiger partial charge in [-0.05, 0) is 35.2 Å². The molecule has 0 saturated carbocycles. The van der Waals surface area contributed by atoms with Crippen molar-refractivity contribution in [2.45, 2.75) is 18.8 Å². The Morgan fingerprint density at radius 3 is 2.86 bits per heavy atom. The van der Waals surface area contributed by atoms with E-state index in [1.807, 2.05) is 18.2 Å². The van der Waals surface area contributed by atoms with Crippen molar-refractivity contribution in [3.8, 4) is 16.9 Å². The predicted octanol–water partition coefficient (Wildman–Crippen LogP) is 3.35. The van der Waals surface area contributed by atoms with E-state index in [9.17, 15) is 4.79 Å². The van der Waals surface area contributed by atoms with E-state index < -0.39 is 0 Å². The van der Waals surface area contributed by atoms with Crippen molar-refractivity contribution in [1.29, 1.82) is 0 Å². The molecule has 4 rings (SSSR count). The SMILES string of the molecule is COC(=O)c1cc2c3c(c1)-c1ccccc1CC3(C)CO2. The number of hydrogen-bond donors (Lipinski definition) is 0. The lowest BCUT2D eigenvalue weighted by atomic mass is 9.70.